The maximum atomic E-state index is 5.40. The molecule has 0 atom stereocenters. The number of aryl methyl sites for hydroxylation is 2. The Morgan fingerprint density at radius 3 is 2.63 bits per heavy atom. The Morgan fingerprint density at radius 1 is 1.15 bits per heavy atom. The summed E-state index contributed by atoms with van der Waals surface area (Å²) in [5, 5.41) is 11.6. The number of nitrogens with zero attached hydrogens (tertiary/aromatic N) is 3. The number of hydrogen-bond donors (Lipinski definition) is 1. The molecule has 0 aliphatic rings. The number of ether oxygens (including phenoxy) is 2. The molecule has 1 aromatic heterocycles. The van der Waals surface area contributed by atoms with E-state index in [9.17, 15) is 0 Å². The molecule has 0 radical (unpaired) electrons. The predicted molar refractivity (Wildman–Crippen MR) is 111 cm³/mol. The van der Waals surface area contributed by atoms with Gasteiger partial charge in [0.2, 0.25) is 4.77 Å². The molecule has 3 aromatic rings. The maximum absolute atomic E-state index is 5.40. The van der Waals surface area contributed by atoms with Crippen molar-refractivity contribution in [3.8, 4) is 11.5 Å². The third-order valence-corrected chi connectivity index (χ3v) is 5.11. The summed E-state index contributed by atoms with van der Waals surface area (Å²) in [4.78, 5) is 0. The van der Waals surface area contributed by atoms with Crippen LogP contribution in [0.15, 0.2) is 52.0 Å². The molecule has 8 heteroatoms. The fourth-order valence-electron chi connectivity index (χ4n) is 2.63. The van der Waals surface area contributed by atoms with Crippen molar-refractivity contribution in [2.45, 2.75) is 12.8 Å². The lowest BCUT2D eigenvalue weighted by Gasteiger charge is -2.10. The van der Waals surface area contributed by atoms with Crippen LogP contribution in [0.25, 0.3) is 0 Å². The molecule has 27 heavy (non-hydrogen) atoms. The number of rotatable bonds is 7. The molecule has 0 fully saturated rings. The summed E-state index contributed by atoms with van der Waals surface area (Å²) in [5.41, 5.74) is 2.08. The zero-order valence-electron chi connectivity index (χ0n) is 15.0. The van der Waals surface area contributed by atoms with Gasteiger partial charge in [-0.15, -0.1) is 0 Å². The number of hydrogen-bond acceptors (Lipinski definition) is 5. The number of aromatic amines is 1. The zero-order valence-corrected chi connectivity index (χ0v) is 17.4. The van der Waals surface area contributed by atoms with Crippen LogP contribution in [0.5, 0.6) is 11.5 Å². The van der Waals surface area contributed by atoms with Crippen molar-refractivity contribution >= 4 is 34.4 Å². The van der Waals surface area contributed by atoms with E-state index in [1.54, 1.807) is 25.1 Å². The monoisotopic (exact) mass is 446 g/mol. The molecule has 0 spiro atoms. The van der Waals surface area contributed by atoms with Gasteiger partial charge in [0.05, 0.1) is 24.9 Å². The molecule has 3 rings (SSSR count). The Hall–Kier alpha value is -2.45. The van der Waals surface area contributed by atoms with Crippen LogP contribution in [0, 0.1) is 4.77 Å². The van der Waals surface area contributed by atoms with E-state index in [0.717, 1.165) is 28.7 Å². The third-order valence-electron chi connectivity index (χ3n) is 4.02. The smallest absolute Gasteiger partial charge is 0.216 e. The first-order valence-corrected chi connectivity index (χ1v) is 9.49. The van der Waals surface area contributed by atoms with Crippen molar-refractivity contribution in [3.63, 3.8) is 0 Å². The lowest BCUT2D eigenvalue weighted by atomic mass is 10.1. The Balaban J connectivity index is 1.84. The lowest BCUT2D eigenvalue weighted by molar-refractivity contribution is 0.353. The molecule has 0 aliphatic carbocycles. The number of methoxy groups -OCH3 is 2. The third kappa shape index (κ3) is 4.45. The first-order valence-electron chi connectivity index (χ1n) is 8.29. The Labute approximate surface area is 171 Å². The van der Waals surface area contributed by atoms with Crippen molar-refractivity contribution in [2.75, 3.05) is 14.2 Å². The van der Waals surface area contributed by atoms with Gasteiger partial charge in [-0.3, -0.25) is 5.10 Å². The summed E-state index contributed by atoms with van der Waals surface area (Å²) in [5.74, 6) is 2.03. The number of nitrogens with one attached hydrogen (secondary N) is 1. The summed E-state index contributed by atoms with van der Waals surface area (Å²) in [6, 6.07) is 14.0. The topological polar surface area (TPSA) is 64.4 Å². The van der Waals surface area contributed by atoms with Gasteiger partial charge in [-0.1, -0.05) is 30.3 Å². The number of benzene rings is 2. The van der Waals surface area contributed by atoms with Crippen LogP contribution < -0.4 is 9.47 Å². The minimum absolute atomic E-state index is 0.450. The van der Waals surface area contributed by atoms with Gasteiger partial charge in [-0.25, -0.2) is 0 Å². The van der Waals surface area contributed by atoms with Gasteiger partial charge in [0.1, 0.15) is 0 Å². The predicted octanol–water partition coefficient (Wildman–Crippen LogP) is 4.39. The minimum atomic E-state index is 0.450. The van der Waals surface area contributed by atoms with E-state index in [4.69, 9.17) is 21.7 Å². The van der Waals surface area contributed by atoms with Crippen LogP contribution in [0.4, 0.5) is 0 Å². The molecular formula is C19H19BrN4O2S. The van der Waals surface area contributed by atoms with Gasteiger partial charge in [0, 0.05) is 12.0 Å². The highest BCUT2D eigenvalue weighted by atomic mass is 79.9. The molecule has 140 valence electrons. The van der Waals surface area contributed by atoms with Gasteiger partial charge in [-0.2, -0.15) is 14.9 Å². The van der Waals surface area contributed by atoms with Crippen LogP contribution in [-0.2, 0) is 12.8 Å². The highest BCUT2D eigenvalue weighted by molar-refractivity contribution is 9.10. The Morgan fingerprint density at radius 2 is 1.93 bits per heavy atom. The fraction of sp³-hybridized carbons (Fsp3) is 0.211. The van der Waals surface area contributed by atoms with Gasteiger partial charge >= 0.3 is 0 Å². The van der Waals surface area contributed by atoms with E-state index in [2.05, 4.69) is 43.4 Å². The lowest BCUT2D eigenvalue weighted by Crippen LogP contribution is -2.02. The first-order chi connectivity index (χ1) is 13.1. The SMILES string of the molecule is COc1ccc(/C=N\n2c(CCc3ccccc3)n[nH]c2=S)c(Br)c1OC. The Bertz CT molecular complexity index is 999. The average Bonchev–Trinajstić information content (AvgIpc) is 3.05. The standard InChI is InChI=1S/C19H19BrN4O2S/c1-25-15-10-9-14(17(20)18(15)26-2)12-21-24-16(22-23-19(24)27)11-8-13-6-4-3-5-7-13/h3-7,9-10,12H,8,11H2,1-2H3,(H,23,27)/b21-12-. The quantitative estimate of drug-likeness (QED) is 0.431. The molecule has 0 saturated carbocycles. The van der Waals surface area contributed by atoms with Crippen molar-refractivity contribution in [1.82, 2.24) is 14.9 Å². The van der Waals surface area contributed by atoms with Gasteiger partial charge < -0.3 is 9.47 Å². The van der Waals surface area contributed by atoms with Gasteiger partial charge in [-0.05, 0) is 52.3 Å². The summed E-state index contributed by atoms with van der Waals surface area (Å²) >= 11 is 8.86. The molecule has 0 bridgehead atoms. The van der Waals surface area contributed by atoms with Crippen molar-refractivity contribution in [2.24, 2.45) is 5.10 Å². The number of halogens is 1. The second-order valence-corrected chi connectivity index (χ2v) is 6.87. The van der Waals surface area contributed by atoms with Crippen LogP contribution >= 0.6 is 28.1 Å². The largest absolute Gasteiger partial charge is 0.493 e. The molecule has 1 N–H and O–H groups in total. The first kappa shape index (κ1) is 19.3. The zero-order chi connectivity index (χ0) is 19.2. The van der Waals surface area contributed by atoms with Crippen molar-refractivity contribution < 1.29 is 9.47 Å². The van der Waals surface area contributed by atoms with Crippen molar-refractivity contribution in [3.05, 3.63) is 68.7 Å². The minimum Gasteiger partial charge on any atom is -0.493 e. The molecule has 0 amide bonds. The maximum Gasteiger partial charge on any atom is 0.216 e. The molecule has 0 aliphatic heterocycles. The molecular weight excluding hydrogens is 428 g/mol. The normalized spacial score (nSPS) is 11.1. The van der Waals surface area contributed by atoms with Gasteiger partial charge in [0.25, 0.3) is 0 Å². The van der Waals surface area contributed by atoms with Gasteiger partial charge in [0.15, 0.2) is 17.3 Å². The van der Waals surface area contributed by atoms with E-state index in [-0.39, 0.29) is 0 Å². The van der Waals surface area contributed by atoms with Crippen molar-refractivity contribution in [1.29, 1.82) is 0 Å². The van der Waals surface area contributed by atoms with E-state index < -0.39 is 0 Å². The second kappa shape index (κ2) is 8.96. The van der Waals surface area contributed by atoms with Crippen LogP contribution in [-0.4, -0.2) is 35.3 Å². The molecule has 0 unspecified atom stereocenters. The molecule has 2 aromatic carbocycles. The molecule has 1 heterocycles. The summed E-state index contributed by atoms with van der Waals surface area (Å²) < 4.78 is 13.5. The summed E-state index contributed by atoms with van der Waals surface area (Å²) in [7, 11) is 3.19. The number of aromatic nitrogens is 3. The summed E-state index contributed by atoms with van der Waals surface area (Å²) in [6.07, 6.45) is 3.29. The van der Waals surface area contributed by atoms with Crippen LogP contribution in [0.2, 0.25) is 0 Å². The van der Waals surface area contributed by atoms with Crippen LogP contribution in [0.3, 0.4) is 0 Å². The summed E-state index contributed by atoms with van der Waals surface area (Å²) in [6.45, 7) is 0. The number of H-pyrrole nitrogens is 1. The highest BCUT2D eigenvalue weighted by Gasteiger charge is 2.12. The Kier molecular flexibility index (Phi) is 6.41. The van der Waals surface area contributed by atoms with E-state index >= 15 is 0 Å². The highest BCUT2D eigenvalue weighted by Crippen LogP contribution is 2.36. The fourth-order valence-corrected chi connectivity index (χ4v) is 3.42. The molecule has 6 nitrogen and oxygen atoms in total. The van der Waals surface area contributed by atoms with Crippen LogP contribution in [0.1, 0.15) is 17.0 Å². The average molecular weight is 447 g/mol. The van der Waals surface area contributed by atoms with E-state index in [1.165, 1.54) is 5.56 Å². The second-order valence-electron chi connectivity index (χ2n) is 5.69. The van der Waals surface area contributed by atoms with E-state index in [1.807, 2.05) is 30.3 Å². The van der Waals surface area contributed by atoms with E-state index in [0.29, 0.717) is 16.3 Å². The molecule has 0 saturated heterocycles.